The van der Waals surface area contributed by atoms with Crippen molar-refractivity contribution in [2.24, 2.45) is 18.1 Å². The maximum absolute atomic E-state index is 12.3. The molecule has 0 bridgehead atoms. The van der Waals surface area contributed by atoms with Gasteiger partial charge < -0.3 is 30.0 Å². The lowest BCUT2D eigenvalue weighted by molar-refractivity contribution is 0.0997. The molecule has 0 spiro atoms. The number of fused-ring (bicyclic) bond motifs is 1. The topological polar surface area (TPSA) is 274 Å². The summed E-state index contributed by atoms with van der Waals surface area (Å²) >= 11 is 16.6. The van der Waals surface area contributed by atoms with Crippen molar-refractivity contribution in [3.8, 4) is 0 Å². The number of nitrogens with two attached hydrogens (primary N) is 1. The van der Waals surface area contributed by atoms with E-state index >= 15 is 0 Å². The van der Waals surface area contributed by atoms with Gasteiger partial charge in [-0.25, -0.2) is 23.8 Å². The van der Waals surface area contributed by atoms with Gasteiger partial charge in [0, 0.05) is 44.0 Å². The number of hydrogen-bond acceptors (Lipinski definition) is 14. The van der Waals surface area contributed by atoms with Gasteiger partial charge in [0.25, 0.3) is 11.5 Å². The number of imidazole rings is 1. The van der Waals surface area contributed by atoms with Crippen LogP contribution in [0.4, 0.5) is 10.5 Å². The number of halogens is 3. The van der Waals surface area contributed by atoms with E-state index in [4.69, 9.17) is 49.6 Å². The zero-order valence-corrected chi connectivity index (χ0v) is 29.5. The van der Waals surface area contributed by atoms with E-state index in [0.717, 1.165) is 9.08 Å². The van der Waals surface area contributed by atoms with Gasteiger partial charge in [-0.1, -0.05) is 5.21 Å². The van der Waals surface area contributed by atoms with Crippen molar-refractivity contribution in [1.82, 2.24) is 44.7 Å². The Morgan fingerprint density at radius 3 is 2.17 bits per heavy atom. The SMILES string of the molecule is CCOP(=O)(OCC)C(C)NC(=O)N(CCCl)N=O.Cn1nnc2c(C(N)=O)ncn2c1=O.O=c1[nH]cc(N(CCCl)CCCl)c(=O)[nH]1. The zero-order chi connectivity index (χ0) is 36.4. The summed E-state index contributed by atoms with van der Waals surface area (Å²) in [5.41, 5.74) is 4.00. The lowest BCUT2D eigenvalue weighted by atomic mass is 10.4. The molecule has 3 amide bonds. The van der Waals surface area contributed by atoms with Crippen LogP contribution in [-0.2, 0) is 20.7 Å². The Kier molecular flexibility index (Phi) is 18.6. The lowest BCUT2D eigenvalue weighted by Gasteiger charge is -2.25. The predicted molar refractivity (Wildman–Crippen MR) is 178 cm³/mol. The van der Waals surface area contributed by atoms with Crippen LogP contribution < -0.4 is 32.9 Å². The second kappa shape index (κ2) is 21.2. The van der Waals surface area contributed by atoms with Crippen molar-refractivity contribution in [1.29, 1.82) is 0 Å². The summed E-state index contributed by atoms with van der Waals surface area (Å²) in [6.07, 6.45) is 2.55. The van der Waals surface area contributed by atoms with Gasteiger partial charge in [0.05, 0.1) is 25.0 Å². The first-order valence-electron chi connectivity index (χ1n) is 13.9. The van der Waals surface area contributed by atoms with Crippen LogP contribution >= 0.6 is 42.4 Å². The highest BCUT2D eigenvalue weighted by atomic mass is 35.5. The first-order chi connectivity index (χ1) is 22.7. The van der Waals surface area contributed by atoms with E-state index in [1.807, 2.05) is 0 Å². The number of alkyl halides is 3. The molecule has 3 aromatic heterocycles. The maximum atomic E-state index is 12.3. The molecule has 0 saturated heterocycles. The quantitative estimate of drug-likeness (QED) is 0.0723. The number of aryl methyl sites for hydroxylation is 1. The van der Waals surface area contributed by atoms with Gasteiger partial charge in [0.15, 0.2) is 11.3 Å². The number of carbonyl (C=O) groups excluding carboxylic acids is 2. The molecular formula is C23H36Cl3N12O9P. The monoisotopic (exact) mass is 760 g/mol. The van der Waals surface area contributed by atoms with Crippen molar-refractivity contribution >= 4 is 65.7 Å². The fourth-order valence-electron chi connectivity index (χ4n) is 3.46. The van der Waals surface area contributed by atoms with Gasteiger partial charge in [0.2, 0.25) is 0 Å². The van der Waals surface area contributed by atoms with Gasteiger partial charge in [-0.15, -0.1) is 44.8 Å². The minimum Gasteiger partial charge on any atom is -0.364 e. The first kappa shape index (κ1) is 42.1. The third-order valence-corrected chi connectivity index (χ3v) is 8.46. The van der Waals surface area contributed by atoms with E-state index in [1.165, 1.54) is 26.5 Å². The number of nitrogens with zero attached hydrogens (tertiary/aromatic N) is 8. The number of H-pyrrole nitrogens is 2. The first-order valence-corrected chi connectivity index (χ1v) is 17.1. The van der Waals surface area contributed by atoms with E-state index in [-0.39, 0.29) is 37.0 Å². The van der Waals surface area contributed by atoms with E-state index in [2.05, 4.69) is 35.9 Å². The van der Waals surface area contributed by atoms with Gasteiger partial charge in [0.1, 0.15) is 17.8 Å². The minimum atomic E-state index is -3.47. The summed E-state index contributed by atoms with van der Waals surface area (Å²) in [4.78, 5) is 76.5. The van der Waals surface area contributed by atoms with Crippen LogP contribution in [0.5, 0.6) is 0 Å². The van der Waals surface area contributed by atoms with Crippen LogP contribution in [0.25, 0.3) is 5.65 Å². The molecule has 0 fully saturated rings. The molecule has 268 valence electrons. The maximum Gasteiger partial charge on any atom is 0.352 e. The fraction of sp³-hybridized carbons (Fsp3) is 0.565. The number of anilines is 1. The molecule has 0 aliphatic heterocycles. The Morgan fingerprint density at radius 2 is 1.69 bits per heavy atom. The highest BCUT2D eigenvalue weighted by molar-refractivity contribution is 7.54. The molecule has 3 aromatic rings. The second-order valence-corrected chi connectivity index (χ2v) is 12.4. The van der Waals surface area contributed by atoms with E-state index in [0.29, 0.717) is 35.5 Å². The molecule has 0 saturated carbocycles. The van der Waals surface area contributed by atoms with Crippen molar-refractivity contribution in [3.05, 3.63) is 54.4 Å². The zero-order valence-electron chi connectivity index (χ0n) is 26.3. The van der Waals surface area contributed by atoms with Crippen LogP contribution in [0.15, 0.2) is 32.2 Å². The van der Waals surface area contributed by atoms with Crippen molar-refractivity contribution in [3.63, 3.8) is 0 Å². The van der Waals surface area contributed by atoms with Gasteiger partial charge in [-0.3, -0.25) is 19.1 Å². The fourth-order valence-corrected chi connectivity index (χ4v) is 5.54. The molecule has 1 unspecified atom stereocenters. The number of carbonyl (C=O) groups is 2. The molecule has 0 aromatic carbocycles. The van der Waals surface area contributed by atoms with Gasteiger partial charge in [-0.05, 0) is 20.8 Å². The Labute approximate surface area is 287 Å². The molecule has 25 heteroatoms. The smallest absolute Gasteiger partial charge is 0.352 e. The number of nitrogens with one attached hydrogen (secondary N) is 3. The molecule has 48 heavy (non-hydrogen) atoms. The van der Waals surface area contributed by atoms with E-state index in [9.17, 15) is 33.4 Å². The number of urea groups is 1. The summed E-state index contributed by atoms with van der Waals surface area (Å²) in [6.45, 7) is 6.10. The number of primary amides is 1. The van der Waals surface area contributed by atoms with Crippen LogP contribution in [0, 0.1) is 4.91 Å². The van der Waals surface area contributed by atoms with Gasteiger partial charge in [-0.2, -0.15) is 9.69 Å². The summed E-state index contributed by atoms with van der Waals surface area (Å²) in [7, 11) is -2.03. The predicted octanol–water partition coefficient (Wildman–Crippen LogP) is 0.799. The Balaban J connectivity index is 0.000000364. The lowest BCUT2D eigenvalue weighted by Crippen LogP contribution is -2.42. The molecule has 0 radical (unpaired) electrons. The molecule has 3 heterocycles. The third kappa shape index (κ3) is 12.3. The summed E-state index contributed by atoms with van der Waals surface area (Å²) in [6, 6.07) is -0.803. The molecule has 0 aliphatic carbocycles. The summed E-state index contributed by atoms with van der Waals surface area (Å²) in [5.74, 6) is -0.818. The Bertz CT molecular complexity index is 1700. The molecule has 21 nitrogen and oxygen atoms in total. The molecular weight excluding hydrogens is 726 g/mol. The van der Waals surface area contributed by atoms with Crippen molar-refractivity contribution < 1.29 is 23.2 Å². The number of amides is 3. The number of hydrogen-bond donors (Lipinski definition) is 4. The van der Waals surface area contributed by atoms with Crippen LogP contribution in [0.2, 0.25) is 0 Å². The second-order valence-electron chi connectivity index (χ2n) is 8.86. The molecule has 5 N–H and O–H groups in total. The number of nitroso groups, excluding NO2 is 1. The average molecular weight is 762 g/mol. The van der Waals surface area contributed by atoms with Crippen LogP contribution in [-0.4, -0.2) is 108 Å². The molecule has 0 aliphatic rings. The normalized spacial score (nSPS) is 11.4. The highest BCUT2D eigenvalue weighted by Crippen LogP contribution is 2.51. The van der Waals surface area contributed by atoms with Crippen LogP contribution in [0.1, 0.15) is 31.3 Å². The van der Waals surface area contributed by atoms with Crippen molar-refractivity contribution in [2.45, 2.75) is 26.6 Å². The standard InChI is InChI=1S/C9H19ClN3O5P.C8H11Cl2N3O2.C6H6N6O2/c1-4-17-19(16,18-5-2)8(3)11-9(14)13(12-15)7-6-10;9-1-3-13(4-2-10)6-5-11-8(15)12-7(6)14;1-11-6(14)12-2-8-3(4(7)13)5(12)9-10-11/h8H,4-7H2,1-3H3,(H,11,14);5H,1-4H2,(H2,11,12,14,15);2H,1H3,(H2,7,13). The highest BCUT2D eigenvalue weighted by Gasteiger charge is 2.34. The van der Waals surface area contributed by atoms with Crippen LogP contribution in [0.3, 0.4) is 0 Å². The average Bonchev–Trinajstić information content (AvgIpc) is 3.48. The van der Waals surface area contributed by atoms with Gasteiger partial charge >= 0.3 is 25.0 Å². The Hall–Kier alpha value is -3.88. The molecule has 1 atom stereocenters. The number of aromatic nitrogens is 7. The number of rotatable bonds is 15. The largest absolute Gasteiger partial charge is 0.364 e. The molecule has 3 rings (SSSR count). The summed E-state index contributed by atoms with van der Waals surface area (Å²) in [5, 5.41) is 12.6. The minimum absolute atomic E-state index is 0.0445. The Morgan fingerprint density at radius 1 is 1.10 bits per heavy atom. The third-order valence-electron chi connectivity index (χ3n) is 5.64. The van der Waals surface area contributed by atoms with E-state index < -0.39 is 42.3 Å². The number of aromatic amines is 2. The van der Waals surface area contributed by atoms with Crippen molar-refractivity contribution in [2.75, 3.05) is 55.4 Å². The van der Waals surface area contributed by atoms with E-state index in [1.54, 1.807) is 18.7 Å². The summed E-state index contributed by atoms with van der Waals surface area (Å²) < 4.78 is 24.6.